The van der Waals surface area contributed by atoms with Crippen molar-refractivity contribution in [2.75, 3.05) is 31.6 Å². The first kappa shape index (κ1) is 29.3. The fourth-order valence-corrected chi connectivity index (χ4v) is 7.18. The van der Waals surface area contributed by atoms with Gasteiger partial charge in [0.05, 0.1) is 30.1 Å². The molecule has 3 aliphatic heterocycles. The SMILES string of the molecule is C=CCN(C)C(=O)[C@@H]1[C@H]2C(=O)N([C@@H](CO)C(C)C)C(C(=O)N(CC=C)c3ccc(Cl)cc3)C23CC(C)[C@@]1(C)O3. The van der Waals surface area contributed by atoms with Crippen molar-refractivity contribution in [3.8, 4) is 0 Å². The third-order valence-corrected chi connectivity index (χ3v) is 9.31. The second kappa shape index (κ2) is 10.7. The molecule has 1 aromatic carbocycles. The van der Waals surface area contributed by atoms with E-state index in [1.54, 1.807) is 53.3 Å². The molecule has 3 saturated heterocycles. The topological polar surface area (TPSA) is 90.4 Å². The van der Waals surface area contributed by atoms with E-state index in [-0.39, 0.29) is 42.7 Å². The lowest BCUT2D eigenvalue weighted by atomic mass is 9.62. The lowest BCUT2D eigenvalue weighted by molar-refractivity contribution is -0.154. The highest BCUT2D eigenvalue weighted by Crippen LogP contribution is 2.66. The van der Waals surface area contributed by atoms with Crippen LogP contribution in [0, 0.1) is 23.7 Å². The molecule has 3 fully saturated rings. The number of benzene rings is 1. The van der Waals surface area contributed by atoms with Crippen molar-refractivity contribution < 1.29 is 24.2 Å². The maximum atomic E-state index is 14.6. The number of carbonyl (C=O) groups is 3. The molecule has 8 nitrogen and oxygen atoms in total. The maximum Gasteiger partial charge on any atom is 0.253 e. The monoisotopic (exact) mass is 557 g/mol. The number of rotatable bonds is 10. The van der Waals surface area contributed by atoms with Crippen molar-refractivity contribution in [3.63, 3.8) is 0 Å². The van der Waals surface area contributed by atoms with E-state index in [1.807, 2.05) is 27.7 Å². The van der Waals surface area contributed by atoms with Crippen LogP contribution in [0.15, 0.2) is 49.6 Å². The summed E-state index contributed by atoms with van der Waals surface area (Å²) < 4.78 is 6.83. The van der Waals surface area contributed by atoms with Crippen LogP contribution in [0.5, 0.6) is 0 Å². The first-order valence-corrected chi connectivity index (χ1v) is 13.9. The van der Waals surface area contributed by atoms with E-state index in [4.69, 9.17) is 16.3 Å². The zero-order valence-electron chi connectivity index (χ0n) is 23.5. The summed E-state index contributed by atoms with van der Waals surface area (Å²) in [5.41, 5.74) is -1.54. The Hall–Kier alpha value is -2.68. The maximum absolute atomic E-state index is 14.6. The van der Waals surface area contributed by atoms with Crippen molar-refractivity contribution in [1.29, 1.82) is 0 Å². The minimum atomic E-state index is -1.22. The molecule has 0 aromatic heterocycles. The first-order chi connectivity index (χ1) is 18.4. The van der Waals surface area contributed by atoms with E-state index < -0.39 is 35.1 Å². The zero-order valence-corrected chi connectivity index (χ0v) is 24.2. The lowest BCUT2D eigenvalue weighted by Gasteiger charge is -2.40. The Kier molecular flexibility index (Phi) is 8.05. The molecule has 3 unspecified atom stereocenters. The van der Waals surface area contributed by atoms with Crippen LogP contribution in [-0.2, 0) is 19.1 Å². The van der Waals surface area contributed by atoms with Gasteiger partial charge in [0, 0.05) is 30.8 Å². The average molecular weight is 558 g/mol. The van der Waals surface area contributed by atoms with Crippen molar-refractivity contribution >= 4 is 35.0 Å². The molecule has 0 radical (unpaired) electrons. The molecule has 9 heteroatoms. The van der Waals surface area contributed by atoms with Crippen LogP contribution in [0.3, 0.4) is 0 Å². The normalized spacial score (nSPS) is 31.8. The Bertz CT molecular complexity index is 1160. The molecule has 0 saturated carbocycles. The van der Waals surface area contributed by atoms with E-state index in [0.29, 0.717) is 23.7 Å². The van der Waals surface area contributed by atoms with Gasteiger partial charge in [0.2, 0.25) is 11.8 Å². The number of fused-ring (bicyclic) bond motifs is 1. The second-order valence-electron chi connectivity index (χ2n) is 11.7. The molecule has 3 amide bonds. The highest BCUT2D eigenvalue weighted by molar-refractivity contribution is 6.30. The van der Waals surface area contributed by atoms with Crippen LogP contribution in [0.4, 0.5) is 5.69 Å². The van der Waals surface area contributed by atoms with E-state index in [1.165, 1.54) is 4.90 Å². The average Bonchev–Trinajstić information content (AvgIpc) is 3.40. The Morgan fingerprint density at radius 3 is 2.36 bits per heavy atom. The molecular formula is C30H40ClN3O5. The number of likely N-dealkylation sites (tertiary alicyclic amines) is 1. The second-order valence-corrected chi connectivity index (χ2v) is 12.1. The number of aliphatic hydroxyl groups excluding tert-OH is 1. The summed E-state index contributed by atoms with van der Waals surface area (Å²) in [4.78, 5) is 47.6. The van der Waals surface area contributed by atoms with Crippen molar-refractivity contribution in [2.24, 2.45) is 23.7 Å². The number of carbonyl (C=O) groups excluding carboxylic acids is 3. The quantitative estimate of drug-likeness (QED) is 0.445. The number of aliphatic hydroxyl groups is 1. The van der Waals surface area contributed by atoms with Gasteiger partial charge in [0.25, 0.3) is 5.91 Å². The predicted octanol–water partition coefficient (Wildman–Crippen LogP) is 3.53. The summed E-state index contributed by atoms with van der Waals surface area (Å²) in [5, 5.41) is 11.0. The first-order valence-electron chi connectivity index (χ1n) is 13.6. The summed E-state index contributed by atoms with van der Waals surface area (Å²) in [6.45, 7) is 15.5. The zero-order chi connectivity index (χ0) is 28.9. The summed E-state index contributed by atoms with van der Waals surface area (Å²) in [6, 6.07) is 5.24. The third-order valence-electron chi connectivity index (χ3n) is 9.06. The number of anilines is 1. The lowest BCUT2D eigenvalue weighted by Crippen LogP contribution is -2.60. The van der Waals surface area contributed by atoms with Crippen LogP contribution in [0.1, 0.15) is 34.1 Å². The molecule has 2 bridgehead atoms. The number of amides is 3. The highest BCUT2D eigenvalue weighted by atomic mass is 35.5. The van der Waals surface area contributed by atoms with Crippen LogP contribution >= 0.6 is 11.6 Å². The van der Waals surface area contributed by atoms with Gasteiger partial charge in [-0.3, -0.25) is 14.4 Å². The van der Waals surface area contributed by atoms with E-state index in [0.717, 1.165) is 0 Å². The van der Waals surface area contributed by atoms with Gasteiger partial charge < -0.3 is 24.5 Å². The molecule has 7 atom stereocenters. The van der Waals surface area contributed by atoms with Gasteiger partial charge >= 0.3 is 0 Å². The standard InChI is InChI=1S/C30H40ClN3O5/c1-8-14-32(7)26(36)23-24-27(37)34(22(17-35)18(3)4)25(30(24)16-19(5)29(23,6)39-30)28(38)33(15-9-2)21-12-10-20(31)11-13-21/h8-13,18-19,22-25,35H,1-2,14-17H2,3-7H3/t19?,22-,23-,24-,25?,29+,30?/m0/s1. The third kappa shape index (κ3) is 4.41. The van der Waals surface area contributed by atoms with Crippen LogP contribution in [0.2, 0.25) is 5.02 Å². The smallest absolute Gasteiger partial charge is 0.253 e. The van der Waals surface area contributed by atoms with Crippen LogP contribution < -0.4 is 4.90 Å². The van der Waals surface area contributed by atoms with E-state index in [9.17, 15) is 19.5 Å². The van der Waals surface area contributed by atoms with Gasteiger partial charge in [-0.15, -0.1) is 13.2 Å². The number of nitrogens with zero attached hydrogens (tertiary/aromatic N) is 3. The van der Waals surface area contributed by atoms with E-state index >= 15 is 0 Å². The Balaban J connectivity index is 1.89. The van der Waals surface area contributed by atoms with Gasteiger partial charge in [0.1, 0.15) is 11.6 Å². The molecule has 39 heavy (non-hydrogen) atoms. The highest BCUT2D eigenvalue weighted by Gasteiger charge is 2.80. The van der Waals surface area contributed by atoms with Crippen molar-refractivity contribution in [3.05, 3.63) is 54.6 Å². The fourth-order valence-electron chi connectivity index (χ4n) is 7.05. The molecule has 1 aromatic rings. The fraction of sp³-hybridized carbons (Fsp3) is 0.567. The Labute approximate surface area is 236 Å². The number of halogens is 1. The number of ether oxygens (including phenoxy) is 1. The molecular weight excluding hydrogens is 518 g/mol. The Morgan fingerprint density at radius 1 is 1.21 bits per heavy atom. The van der Waals surface area contributed by atoms with Gasteiger partial charge in [-0.25, -0.2) is 0 Å². The summed E-state index contributed by atoms with van der Waals surface area (Å²) in [5.74, 6) is -2.71. The molecule has 1 spiro atoms. The van der Waals surface area contributed by atoms with E-state index in [2.05, 4.69) is 13.2 Å². The summed E-state index contributed by atoms with van der Waals surface area (Å²) in [6.07, 6.45) is 3.71. The molecule has 3 aliphatic rings. The number of likely N-dealkylation sites (N-methyl/N-ethyl adjacent to an activating group) is 1. The van der Waals surface area contributed by atoms with Crippen LogP contribution in [0.25, 0.3) is 0 Å². The predicted molar refractivity (Wildman–Crippen MR) is 151 cm³/mol. The molecule has 0 aliphatic carbocycles. The van der Waals surface area contributed by atoms with Gasteiger partial charge in [-0.2, -0.15) is 0 Å². The minimum absolute atomic E-state index is 0.0853. The van der Waals surface area contributed by atoms with Gasteiger partial charge in [-0.1, -0.05) is 44.5 Å². The Morgan fingerprint density at radius 2 is 1.82 bits per heavy atom. The molecule has 212 valence electrons. The van der Waals surface area contributed by atoms with Crippen molar-refractivity contribution in [2.45, 2.75) is 57.4 Å². The number of hydrogen-bond acceptors (Lipinski definition) is 5. The summed E-state index contributed by atoms with van der Waals surface area (Å²) >= 11 is 6.12. The largest absolute Gasteiger partial charge is 0.394 e. The van der Waals surface area contributed by atoms with Crippen molar-refractivity contribution in [1.82, 2.24) is 9.80 Å². The minimum Gasteiger partial charge on any atom is -0.394 e. The van der Waals surface area contributed by atoms with Gasteiger partial charge in [-0.05, 0) is 49.4 Å². The van der Waals surface area contributed by atoms with Gasteiger partial charge in [0.15, 0.2) is 0 Å². The molecule has 3 heterocycles. The van der Waals surface area contributed by atoms with Crippen LogP contribution in [-0.4, -0.2) is 82.7 Å². The molecule has 1 N–H and O–H groups in total. The molecule has 4 rings (SSSR count). The summed E-state index contributed by atoms with van der Waals surface area (Å²) in [7, 11) is 1.69. The number of hydrogen-bond donors (Lipinski definition) is 1.